The van der Waals surface area contributed by atoms with Crippen LogP contribution >= 0.6 is 12.2 Å². The van der Waals surface area contributed by atoms with Gasteiger partial charge in [-0.3, -0.25) is 9.67 Å². The van der Waals surface area contributed by atoms with Crippen LogP contribution in [0.15, 0.2) is 24.3 Å². The first-order chi connectivity index (χ1) is 7.76. The second kappa shape index (κ2) is 4.46. The number of H-pyrrole nitrogens is 1. The van der Waals surface area contributed by atoms with E-state index in [1.807, 2.05) is 24.3 Å². The summed E-state index contributed by atoms with van der Waals surface area (Å²) < 4.78 is 7.19. The monoisotopic (exact) mass is 237 g/mol. The Bertz CT molecular complexity index is 530. The van der Waals surface area contributed by atoms with Gasteiger partial charge in [0.2, 0.25) is 0 Å². The van der Waals surface area contributed by atoms with E-state index in [1.54, 1.807) is 11.7 Å². The molecule has 0 aliphatic heterocycles. The average Bonchev–Trinajstić information content (AvgIpc) is 2.70. The molecule has 2 N–H and O–H groups in total. The third-order valence-corrected chi connectivity index (χ3v) is 2.49. The highest BCUT2D eigenvalue weighted by molar-refractivity contribution is 7.71. The van der Waals surface area contributed by atoms with Crippen molar-refractivity contribution in [2.24, 2.45) is 0 Å². The average molecular weight is 237 g/mol. The number of aliphatic hydroxyl groups excluding tert-OH is 1. The summed E-state index contributed by atoms with van der Waals surface area (Å²) in [5.74, 6) is 1.25. The zero-order valence-electron chi connectivity index (χ0n) is 8.67. The van der Waals surface area contributed by atoms with Crippen molar-refractivity contribution < 1.29 is 9.84 Å². The Morgan fingerprint density at radius 1 is 1.44 bits per heavy atom. The summed E-state index contributed by atoms with van der Waals surface area (Å²) in [5, 5.41) is 15.7. The lowest BCUT2D eigenvalue weighted by molar-refractivity contribution is 0.269. The van der Waals surface area contributed by atoms with Gasteiger partial charge in [0, 0.05) is 5.69 Å². The Labute approximate surface area is 97.3 Å². The van der Waals surface area contributed by atoms with E-state index < -0.39 is 0 Å². The largest absolute Gasteiger partial charge is 0.497 e. The maximum absolute atomic E-state index is 9.12. The first kappa shape index (κ1) is 10.8. The minimum atomic E-state index is -0.167. The number of rotatable bonds is 3. The van der Waals surface area contributed by atoms with Crippen molar-refractivity contribution >= 4 is 12.2 Å². The summed E-state index contributed by atoms with van der Waals surface area (Å²) in [5.41, 5.74) is 0.837. The van der Waals surface area contributed by atoms with E-state index in [0.717, 1.165) is 11.4 Å². The molecule has 1 aromatic heterocycles. The van der Waals surface area contributed by atoms with Crippen LogP contribution < -0.4 is 4.74 Å². The third kappa shape index (κ3) is 1.84. The fourth-order valence-corrected chi connectivity index (χ4v) is 1.69. The van der Waals surface area contributed by atoms with Gasteiger partial charge in [0.25, 0.3) is 0 Å². The van der Waals surface area contributed by atoms with Crippen molar-refractivity contribution in [1.82, 2.24) is 14.8 Å². The maximum Gasteiger partial charge on any atom is 0.199 e. The molecular formula is C10H11N3O2S. The molecule has 0 fully saturated rings. The van der Waals surface area contributed by atoms with Gasteiger partial charge in [-0.05, 0) is 36.5 Å². The zero-order valence-corrected chi connectivity index (χ0v) is 9.49. The van der Waals surface area contributed by atoms with Crippen molar-refractivity contribution in [3.63, 3.8) is 0 Å². The number of benzene rings is 1. The molecular weight excluding hydrogens is 226 g/mol. The first-order valence-electron chi connectivity index (χ1n) is 4.68. The van der Waals surface area contributed by atoms with E-state index >= 15 is 0 Å². The highest BCUT2D eigenvalue weighted by atomic mass is 32.1. The van der Waals surface area contributed by atoms with Gasteiger partial charge in [-0.25, -0.2) is 0 Å². The highest BCUT2D eigenvalue weighted by Gasteiger charge is 2.06. The molecule has 0 amide bonds. The van der Waals surface area contributed by atoms with E-state index in [4.69, 9.17) is 22.1 Å². The van der Waals surface area contributed by atoms with Gasteiger partial charge < -0.3 is 9.84 Å². The lowest BCUT2D eigenvalue weighted by Crippen LogP contribution is -2.01. The third-order valence-electron chi connectivity index (χ3n) is 2.21. The quantitative estimate of drug-likeness (QED) is 0.793. The number of nitrogens with one attached hydrogen (secondary N) is 1. The summed E-state index contributed by atoms with van der Waals surface area (Å²) in [4.78, 5) is 0. The Morgan fingerprint density at radius 3 is 2.69 bits per heavy atom. The Morgan fingerprint density at radius 2 is 2.12 bits per heavy atom. The Hall–Kier alpha value is -1.66. The molecule has 0 aliphatic carbocycles. The molecule has 0 atom stereocenters. The van der Waals surface area contributed by atoms with Crippen LogP contribution in [0.1, 0.15) is 5.82 Å². The van der Waals surface area contributed by atoms with Crippen molar-refractivity contribution in [3.8, 4) is 11.4 Å². The number of ether oxygens (including phenoxy) is 1. The minimum Gasteiger partial charge on any atom is -0.497 e. The second-order valence-electron chi connectivity index (χ2n) is 3.14. The van der Waals surface area contributed by atoms with Crippen LogP contribution in [0.5, 0.6) is 5.75 Å². The number of hydrogen-bond donors (Lipinski definition) is 2. The summed E-state index contributed by atoms with van der Waals surface area (Å²) >= 11 is 5.08. The molecule has 0 radical (unpaired) electrons. The van der Waals surface area contributed by atoms with Crippen LogP contribution in [0.3, 0.4) is 0 Å². The lowest BCUT2D eigenvalue weighted by Gasteiger charge is -2.05. The van der Waals surface area contributed by atoms with Gasteiger partial charge in [-0.15, -0.1) is 0 Å². The number of aromatic amines is 1. The standard InChI is InChI=1S/C10H11N3O2S/c1-15-8-4-2-7(3-5-8)13-9(6-14)11-12-10(13)16/h2-5,14H,6H2,1H3,(H,12,16). The van der Waals surface area contributed by atoms with E-state index in [0.29, 0.717) is 10.6 Å². The summed E-state index contributed by atoms with van der Waals surface area (Å²) in [7, 11) is 1.61. The van der Waals surface area contributed by atoms with E-state index in [9.17, 15) is 0 Å². The van der Waals surface area contributed by atoms with Crippen LogP contribution in [-0.2, 0) is 6.61 Å². The summed E-state index contributed by atoms with van der Waals surface area (Å²) in [6.45, 7) is -0.167. The van der Waals surface area contributed by atoms with Crippen LogP contribution in [0.4, 0.5) is 0 Å². The predicted octanol–water partition coefficient (Wildman–Crippen LogP) is 1.43. The highest BCUT2D eigenvalue weighted by Crippen LogP contribution is 2.16. The number of aliphatic hydroxyl groups is 1. The molecule has 0 bridgehead atoms. The molecule has 6 heteroatoms. The normalized spacial score (nSPS) is 10.4. The number of nitrogens with zero attached hydrogens (tertiary/aromatic N) is 2. The SMILES string of the molecule is COc1ccc(-n2c(CO)n[nH]c2=S)cc1. The molecule has 0 spiro atoms. The molecule has 1 heterocycles. The summed E-state index contributed by atoms with van der Waals surface area (Å²) in [6, 6.07) is 7.35. The minimum absolute atomic E-state index is 0.167. The molecule has 1 aromatic carbocycles. The van der Waals surface area contributed by atoms with E-state index in [2.05, 4.69) is 10.2 Å². The van der Waals surface area contributed by atoms with Crippen LogP contribution in [0.25, 0.3) is 5.69 Å². The molecule has 5 nitrogen and oxygen atoms in total. The number of methoxy groups -OCH3 is 1. The molecule has 16 heavy (non-hydrogen) atoms. The van der Waals surface area contributed by atoms with E-state index in [-0.39, 0.29) is 6.61 Å². The van der Waals surface area contributed by atoms with Gasteiger partial charge in [0.15, 0.2) is 10.6 Å². The van der Waals surface area contributed by atoms with Crippen LogP contribution in [0.2, 0.25) is 0 Å². The van der Waals surface area contributed by atoms with Gasteiger partial charge in [0.05, 0.1) is 7.11 Å². The topological polar surface area (TPSA) is 63.1 Å². The van der Waals surface area contributed by atoms with Crippen molar-refractivity contribution in [2.45, 2.75) is 6.61 Å². The molecule has 2 aromatic rings. The first-order valence-corrected chi connectivity index (χ1v) is 5.08. The lowest BCUT2D eigenvalue weighted by atomic mass is 10.3. The van der Waals surface area contributed by atoms with Gasteiger partial charge in [0.1, 0.15) is 12.4 Å². The van der Waals surface area contributed by atoms with Gasteiger partial charge >= 0.3 is 0 Å². The molecule has 84 valence electrons. The van der Waals surface area contributed by atoms with Gasteiger partial charge in [-0.2, -0.15) is 5.10 Å². The summed E-state index contributed by atoms with van der Waals surface area (Å²) in [6.07, 6.45) is 0. The molecule has 0 saturated heterocycles. The smallest absolute Gasteiger partial charge is 0.199 e. The van der Waals surface area contributed by atoms with Gasteiger partial charge in [-0.1, -0.05) is 0 Å². The fourth-order valence-electron chi connectivity index (χ4n) is 1.43. The number of hydrogen-bond acceptors (Lipinski definition) is 4. The van der Waals surface area contributed by atoms with Crippen LogP contribution in [-0.4, -0.2) is 27.0 Å². The second-order valence-corrected chi connectivity index (χ2v) is 3.52. The maximum atomic E-state index is 9.12. The van der Waals surface area contributed by atoms with E-state index in [1.165, 1.54) is 0 Å². The Balaban J connectivity index is 2.49. The predicted molar refractivity (Wildman–Crippen MR) is 61.2 cm³/mol. The van der Waals surface area contributed by atoms with Crippen molar-refractivity contribution in [3.05, 3.63) is 34.9 Å². The molecule has 0 unspecified atom stereocenters. The Kier molecular flexibility index (Phi) is 3.02. The zero-order chi connectivity index (χ0) is 11.5. The molecule has 0 aliphatic rings. The molecule has 0 saturated carbocycles. The van der Waals surface area contributed by atoms with Crippen molar-refractivity contribution in [2.75, 3.05) is 7.11 Å². The van der Waals surface area contributed by atoms with Crippen molar-refractivity contribution in [1.29, 1.82) is 0 Å². The number of aromatic nitrogens is 3. The molecule has 2 rings (SSSR count). The fraction of sp³-hybridized carbons (Fsp3) is 0.200. The van der Waals surface area contributed by atoms with Crippen LogP contribution in [0, 0.1) is 4.77 Å².